The Morgan fingerprint density at radius 3 is 2.67 bits per heavy atom. The molecule has 1 N–H and O–H groups in total. The summed E-state index contributed by atoms with van der Waals surface area (Å²) in [4.78, 5) is 42.7. The summed E-state index contributed by atoms with van der Waals surface area (Å²) in [5, 5.41) is 0. The number of hydrogen-bond acceptors (Lipinski definition) is 5. The summed E-state index contributed by atoms with van der Waals surface area (Å²) in [6.07, 6.45) is 10.7. The molecule has 0 spiro atoms. The molecule has 1 heterocycles. The third kappa shape index (κ3) is 4.72. The lowest BCUT2D eigenvalue weighted by molar-refractivity contribution is -0.145. The zero-order chi connectivity index (χ0) is 26.1. The summed E-state index contributed by atoms with van der Waals surface area (Å²) < 4.78 is 8.33. The minimum atomic E-state index is -0.294. The maximum atomic E-state index is 14.0. The smallest absolute Gasteiger partial charge is 0.334 e. The lowest BCUT2D eigenvalue weighted by atomic mass is 9.47. The summed E-state index contributed by atoms with van der Waals surface area (Å²) >= 11 is 1.34. The van der Waals surface area contributed by atoms with Crippen LogP contribution in [0, 0.1) is 34.5 Å². The van der Waals surface area contributed by atoms with Gasteiger partial charge < -0.3 is 9.64 Å². The molecule has 0 saturated heterocycles. The second kappa shape index (κ2) is 11.1. The first-order chi connectivity index (χ1) is 17.2. The van der Waals surface area contributed by atoms with Gasteiger partial charge in [0, 0.05) is 49.9 Å². The monoisotopic (exact) mass is 519 g/mol. The third-order valence-electron chi connectivity index (χ3n) is 10.1. The van der Waals surface area contributed by atoms with Gasteiger partial charge in [0.1, 0.15) is 0 Å². The molecule has 202 valence electrons. The number of fused-ring (bicyclic) bond motifs is 5. The third-order valence-corrected chi connectivity index (χ3v) is 10.7. The molecule has 2 unspecified atom stereocenters. The van der Waals surface area contributed by atoms with Gasteiger partial charge in [-0.1, -0.05) is 26.8 Å². The van der Waals surface area contributed by atoms with Crippen LogP contribution >= 0.6 is 11.9 Å². The van der Waals surface area contributed by atoms with E-state index in [1.54, 1.807) is 6.08 Å². The Balaban J connectivity index is 1.52. The molecule has 1 aliphatic heterocycles. The number of nitrogens with one attached hydrogen (secondary N) is 1. The Labute approximate surface area is 221 Å². The maximum absolute atomic E-state index is 14.0. The van der Waals surface area contributed by atoms with E-state index < -0.39 is 0 Å². The second-order valence-corrected chi connectivity index (χ2v) is 12.7. The van der Waals surface area contributed by atoms with Crippen LogP contribution in [0.5, 0.6) is 0 Å². The Morgan fingerprint density at radius 2 is 1.94 bits per heavy atom. The van der Waals surface area contributed by atoms with Crippen LogP contribution in [0.25, 0.3) is 0 Å². The largest absolute Gasteiger partial charge is 0.382 e. The molecule has 3 fully saturated rings. The maximum Gasteiger partial charge on any atom is 0.334 e. The summed E-state index contributed by atoms with van der Waals surface area (Å²) in [5.41, 5.74) is -0.0878. The molecule has 4 aliphatic rings. The van der Waals surface area contributed by atoms with Crippen molar-refractivity contribution in [1.82, 2.24) is 14.5 Å². The highest BCUT2D eigenvalue weighted by molar-refractivity contribution is 7.97. The number of rotatable bonds is 8. The van der Waals surface area contributed by atoms with E-state index in [1.165, 1.54) is 16.8 Å². The van der Waals surface area contributed by atoms with Gasteiger partial charge in [-0.25, -0.2) is 4.79 Å². The molecule has 4 rings (SSSR count). The van der Waals surface area contributed by atoms with Gasteiger partial charge in [-0.15, -0.1) is 0 Å². The van der Waals surface area contributed by atoms with Crippen molar-refractivity contribution in [2.45, 2.75) is 78.7 Å². The fourth-order valence-corrected chi connectivity index (χ4v) is 8.68. The molecule has 0 aromatic heterocycles. The van der Waals surface area contributed by atoms with Gasteiger partial charge in [-0.2, -0.15) is 0 Å². The average Bonchev–Trinajstić information content (AvgIpc) is 3.22. The van der Waals surface area contributed by atoms with Crippen molar-refractivity contribution in [2.24, 2.45) is 34.5 Å². The zero-order valence-corrected chi connectivity index (χ0v) is 23.6. The van der Waals surface area contributed by atoms with Gasteiger partial charge in [0.25, 0.3) is 0 Å². The molecule has 3 aliphatic carbocycles. The fraction of sp³-hybridized carbons (Fsp3) is 0.821. The van der Waals surface area contributed by atoms with Crippen molar-refractivity contribution in [3.8, 4) is 0 Å². The first kappa shape index (κ1) is 27.5. The van der Waals surface area contributed by atoms with Crippen LogP contribution in [0.4, 0.5) is 4.79 Å². The summed E-state index contributed by atoms with van der Waals surface area (Å²) in [6.45, 7) is 10.2. The minimum absolute atomic E-state index is 0.00240. The van der Waals surface area contributed by atoms with Crippen molar-refractivity contribution in [3.63, 3.8) is 0 Å². The van der Waals surface area contributed by atoms with E-state index in [0.29, 0.717) is 43.9 Å². The second-order valence-electron chi connectivity index (χ2n) is 11.7. The summed E-state index contributed by atoms with van der Waals surface area (Å²) in [7, 11) is 1.95. The van der Waals surface area contributed by atoms with Crippen molar-refractivity contribution in [3.05, 3.63) is 12.2 Å². The van der Waals surface area contributed by atoms with E-state index in [2.05, 4.69) is 24.6 Å². The standard InChI is InChI=1S/C28H45N3O4S/c1-6-35-18-8-17-31(26(34)29-36-7-2)25(33)22-11-10-20-19-9-12-23-28(4,16-14-24(32)30(23)5)21(19)13-15-27(20,22)3/h14,16,19-23H,6-13,15,17-18H2,1-5H3,(H,29,34)/t19-,20-,21+,22?,23?,27-,28+/m0/s1. The van der Waals surface area contributed by atoms with E-state index in [0.717, 1.165) is 44.3 Å². The molecule has 0 radical (unpaired) electrons. The Bertz CT molecular complexity index is 881. The van der Waals surface area contributed by atoms with Crippen LogP contribution in [-0.2, 0) is 14.3 Å². The zero-order valence-electron chi connectivity index (χ0n) is 22.8. The first-order valence-corrected chi connectivity index (χ1v) is 14.9. The van der Waals surface area contributed by atoms with E-state index in [4.69, 9.17) is 4.74 Å². The van der Waals surface area contributed by atoms with Crippen molar-refractivity contribution in [1.29, 1.82) is 0 Å². The molecule has 36 heavy (non-hydrogen) atoms. The predicted octanol–water partition coefficient (Wildman–Crippen LogP) is 4.87. The summed E-state index contributed by atoms with van der Waals surface area (Å²) in [5.74, 6) is 2.32. The van der Waals surface area contributed by atoms with Crippen LogP contribution in [0.3, 0.4) is 0 Å². The molecular formula is C28H45N3O4S. The Kier molecular flexibility index (Phi) is 8.45. The number of amides is 4. The van der Waals surface area contributed by atoms with Crippen LogP contribution in [0.15, 0.2) is 12.2 Å². The van der Waals surface area contributed by atoms with Crippen molar-refractivity contribution < 1.29 is 19.1 Å². The minimum Gasteiger partial charge on any atom is -0.382 e. The van der Waals surface area contributed by atoms with Crippen LogP contribution < -0.4 is 4.72 Å². The predicted molar refractivity (Wildman–Crippen MR) is 143 cm³/mol. The highest BCUT2D eigenvalue weighted by Crippen LogP contribution is 2.65. The molecule has 0 bridgehead atoms. The van der Waals surface area contributed by atoms with Crippen LogP contribution in [0.1, 0.15) is 72.6 Å². The average molecular weight is 520 g/mol. The number of ether oxygens (including phenoxy) is 1. The molecule has 4 amide bonds. The molecule has 7 atom stereocenters. The highest BCUT2D eigenvalue weighted by atomic mass is 32.2. The lowest BCUT2D eigenvalue weighted by Crippen LogP contribution is -2.60. The number of hydrogen-bond donors (Lipinski definition) is 1. The normalized spacial score (nSPS) is 37.2. The van der Waals surface area contributed by atoms with E-state index in [9.17, 15) is 14.4 Å². The molecule has 0 aromatic rings. The number of carbonyl (C=O) groups excluding carboxylic acids is 3. The summed E-state index contributed by atoms with van der Waals surface area (Å²) in [6, 6.07) is -0.0304. The van der Waals surface area contributed by atoms with Gasteiger partial charge in [0.15, 0.2) is 0 Å². The van der Waals surface area contributed by atoms with E-state index in [1.807, 2.05) is 25.8 Å². The van der Waals surface area contributed by atoms with Gasteiger partial charge in [-0.3, -0.25) is 19.2 Å². The first-order valence-electron chi connectivity index (χ1n) is 14.0. The number of carbonyl (C=O) groups is 3. The van der Waals surface area contributed by atoms with Gasteiger partial charge in [0.2, 0.25) is 11.8 Å². The molecule has 8 heteroatoms. The van der Waals surface area contributed by atoms with Crippen molar-refractivity contribution >= 4 is 29.8 Å². The number of imide groups is 1. The van der Waals surface area contributed by atoms with Gasteiger partial charge >= 0.3 is 6.03 Å². The Hall–Kier alpha value is -1.54. The number of likely N-dealkylation sites (N-methyl/N-ethyl adjacent to an activating group) is 1. The number of nitrogens with zero attached hydrogens (tertiary/aromatic N) is 2. The molecule has 3 saturated carbocycles. The quantitative estimate of drug-likeness (QED) is 0.365. The SMILES string of the molecule is CCOCCCN(C(=O)NSCC)C(=O)C1CC[C@H]2[C@@H]3CCC4N(C)C(=O)C=C[C@]4(C)[C@@H]3CC[C@]12C. The topological polar surface area (TPSA) is 79.0 Å². The van der Waals surface area contributed by atoms with E-state index >= 15 is 0 Å². The Morgan fingerprint density at radius 1 is 1.17 bits per heavy atom. The van der Waals surface area contributed by atoms with Gasteiger partial charge in [-0.05, 0) is 93.1 Å². The lowest BCUT2D eigenvalue weighted by Gasteiger charge is -2.60. The highest BCUT2D eigenvalue weighted by Gasteiger charge is 2.62. The number of urea groups is 1. The molecular weight excluding hydrogens is 474 g/mol. The molecule has 0 aromatic carbocycles. The van der Waals surface area contributed by atoms with Gasteiger partial charge in [0.05, 0.1) is 0 Å². The molecule has 7 nitrogen and oxygen atoms in total. The van der Waals surface area contributed by atoms with Crippen LogP contribution in [0.2, 0.25) is 0 Å². The fourth-order valence-electron chi connectivity index (χ4n) is 8.30. The van der Waals surface area contributed by atoms with Crippen LogP contribution in [-0.4, -0.2) is 66.2 Å². The van der Waals surface area contributed by atoms with Crippen molar-refractivity contribution in [2.75, 3.05) is 32.6 Å². The van der Waals surface area contributed by atoms with E-state index in [-0.39, 0.29) is 40.6 Å².